The Kier molecular flexibility index (Phi) is 6.34. The Balaban J connectivity index is 0.00000192. The SMILES string of the molecule is CN=C(NCc1cn2ccccc2n1)NCc1nc(C)cs1.I. The quantitative estimate of drug-likeness (QED) is 0.371. The molecule has 0 amide bonds. The largest absolute Gasteiger partial charge is 0.351 e. The van der Waals surface area contributed by atoms with Crippen LogP contribution >= 0.6 is 35.3 Å². The van der Waals surface area contributed by atoms with Crippen molar-refractivity contribution in [1.29, 1.82) is 0 Å². The van der Waals surface area contributed by atoms with E-state index < -0.39 is 0 Å². The summed E-state index contributed by atoms with van der Waals surface area (Å²) in [4.78, 5) is 13.2. The second kappa shape index (κ2) is 8.25. The van der Waals surface area contributed by atoms with E-state index >= 15 is 0 Å². The summed E-state index contributed by atoms with van der Waals surface area (Å²) in [7, 11) is 1.76. The first-order valence-corrected chi connectivity index (χ1v) is 7.90. The summed E-state index contributed by atoms with van der Waals surface area (Å²) in [6.45, 7) is 3.29. The van der Waals surface area contributed by atoms with Crippen LogP contribution in [0.1, 0.15) is 16.4 Å². The average molecular weight is 442 g/mol. The summed E-state index contributed by atoms with van der Waals surface area (Å²) in [5, 5.41) is 9.61. The lowest BCUT2D eigenvalue weighted by Crippen LogP contribution is -2.36. The van der Waals surface area contributed by atoms with Crippen LogP contribution in [0.4, 0.5) is 0 Å². The zero-order valence-corrected chi connectivity index (χ0v) is 16.1. The Labute approximate surface area is 156 Å². The molecule has 0 aliphatic rings. The Morgan fingerprint density at radius 2 is 2.09 bits per heavy atom. The number of guanidine groups is 1. The Morgan fingerprint density at radius 1 is 1.26 bits per heavy atom. The van der Waals surface area contributed by atoms with Crippen LogP contribution in [0.5, 0.6) is 0 Å². The van der Waals surface area contributed by atoms with Gasteiger partial charge >= 0.3 is 0 Å². The van der Waals surface area contributed by atoms with Gasteiger partial charge in [-0.1, -0.05) is 6.07 Å². The van der Waals surface area contributed by atoms with E-state index in [-0.39, 0.29) is 24.0 Å². The number of hydrogen-bond donors (Lipinski definition) is 2. The molecule has 0 bridgehead atoms. The van der Waals surface area contributed by atoms with Crippen molar-refractivity contribution in [2.75, 3.05) is 7.05 Å². The summed E-state index contributed by atoms with van der Waals surface area (Å²) < 4.78 is 2.01. The minimum absolute atomic E-state index is 0. The highest BCUT2D eigenvalue weighted by molar-refractivity contribution is 14.0. The van der Waals surface area contributed by atoms with E-state index in [1.54, 1.807) is 18.4 Å². The van der Waals surface area contributed by atoms with Gasteiger partial charge < -0.3 is 15.0 Å². The van der Waals surface area contributed by atoms with Gasteiger partial charge in [-0.3, -0.25) is 4.99 Å². The van der Waals surface area contributed by atoms with Crippen molar-refractivity contribution in [3.63, 3.8) is 0 Å². The van der Waals surface area contributed by atoms with E-state index in [4.69, 9.17) is 0 Å². The molecule has 3 aromatic heterocycles. The van der Waals surface area contributed by atoms with Crippen molar-refractivity contribution in [1.82, 2.24) is 25.0 Å². The Bertz CT molecular complexity index is 761. The Hall–Kier alpha value is -1.68. The van der Waals surface area contributed by atoms with E-state index in [1.807, 2.05) is 47.3 Å². The summed E-state index contributed by atoms with van der Waals surface area (Å²) in [6.07, 6.45) is 4.00. The number of fused-ring (bicyclic) bond motifs is 1. The molecular formula is C15H19IN6S. The van der Waals surface area contributed by atoms with Crippen LogP contribution in [0.3, 0.4) is 0 Å². The molecule has 0 radical (unpaired) electrons. The first kappa shape index (κ1) is 17.7. The normalized spacial score (nSPS) is 11.3. The van der Waals surface area contributed by atoms with Crippen molar-refractivity contribution < 1.29 is 0 Å². The molecule has 0 unspecified atom stereocenters. The molecule has 0 spiro atoms. The molecule has 6 nitrogen and oxygen atoms in total. The highest BCUT2D eigenvalue weighted by Crippen LogP contribution is 2.08. The summed E-state index contributed by atoms with van der Waals surface area (Å²) in [6, 6.07) is 5.96. The maximum atomic E-state index is 4.55. The molecule has 0 aliphatic carbocycles. The average Bonchev–Trinajstić information content (AvgIpc) is 3.13. The first-order chi connectivity index (χ1) is 10.7. The van der Waals surface area contributed by atoms with Crippen LogP contribution in [-0.2, 0) is 13.1 Å². The number of halogens is 1. The third kappa shape index (κ3) is 4.64. The molecule has 3 rings (SSSR count). The first-order valence-electron chi connectivity index (χ1n) is 7.03. The van der Waals surface area contributed by atoms with E-state index in [2.05, 4.69) is 25.6 Å². The molecule has 0 aromatic carbocycles. The fourth-order valence-corrected chi connectivity index (χ4v) is 2.82. The van der Waals surface area contributed by atoms with E-state index in [0.29, 0.717) is 13.1 Å². The molecule has 3 aromatic rings. The van der Waals surface area contributed by atoms with Gasteiger partial charge in [0.1, 0.15) is 10.7 Å². The number of rotatable bonds is 4. The molecular weight excluding hydrogens is 423 g/mol. The number of imidazole rings is 1. The van der Waals surface area contributed by atoms with Gasteiger partial charge in [-0.2, -0.15) is 0 Å². The lowest BCUT2D eigenvalue weighted by atomic mass is 10.5. The number of aromatic nitrogens is 3. The predicted molar refractivity (Wildman–Crippen MR) is 104 cm³/mol. The van der Waals surface area contributed by atoms with Crippen LogP contribution in [0.2, 0.25) is 0 Å². The van der Waals surface area contributed by atoms with Crippen molar-refractivity contribution >= 4 is 46.9 Å². The van der Waals surface area contributed by atoms with Gasteiger partial charge in [0.15, 0.2) is 5.96 Å². The van der Waals surface area contributed by atoms with E-state index in [9.17, 15) is 0 Å². The number of thiazole rings is 1. The lowest BCUT2D eigenvalue weighted by molar-refractivity contribution is 0.794. The maximum absolute atomic E-state index is 4.55. The smallest absolute Gasteiger partial charge is 0.191 e. The standard InChI is InChI=1S/C15H18N6S.HI/c1-11-10-22-14(19-11)8-18-15(16-2)17-7-12-9-21-6-4-3-5-13(21)20-12;/h3-6,9-10H,7-8H2,1-2H3,(H2,16,17,18);1H. The maximum Gasteiger partial charge on any atom is 0.191 e. The second-order valence-electron chi connectivity index (χ2n) is 4.86. The molecule has 8 heteroatoms. The monoisotopic (exact) mass is 442 g/mol. The molecule has 0 saturated carbocycles. The van der Waals surface area contributed by atoms with Gasteiger partial charge in [0.05, 0.1) is 18.8 Å². The van der Waals surface area contributed by atoms with E-state index in [1.165, 1.54) is 0 Å². The lowest BCUT2D eigenvalue weighted by Gasteiger charge is -2.09. The van der Waals surface area contributed by atoms with Gasteiger partial charge in [-0.15, -0.1) is 35.3 Å². The van der Waals surface area contributed by atoms with Crippen molar-refractivity contribution in [2.24, 2.45) is 4.99 Å². The minimum Gasteiger partial charge on any atom is -0.351 e. The fourth-order valence-electron chi connectivity index (χ4n) is 2.11. The van der Waals surface area contributed by atoms with Gasteiger partial charge in [0, 0.05) is 30.5 Å². The van der Waals surface area contributed by atoms with Crippen LogP contribution in [0.25, 0.3) is 5.65 Å². The molecule has 0 atom stereocenters. The highest BCUT2D eigenvalue weighted by atomic mass is 127. The van der Waals surface area contributed by atoms with Gasteiger partial charge in [0.2, 0.25) is 0 Å². The molecule has 122 valence electrons. The third-order valence-corrected chi connectivity index (χ3v) is 4.11. The fraction of sp³-hybridized carbons (Fsp3) is 0.267. The second-order valence-corrected chi connectivity index (χ2v) is 5.80. The zero-order valence-electron chi connectivity index (χ0n) is 13.0. The molecule has 2 N–H and O–H groups in total. The van der Waals surface area contributed by atoms with Gasteiger partial charge in [-0.05, 0) is 19.1 Å². The molecule has 0 saturated heterocycles. The summed E-state index contributed by atoms with van der Waals surface area (Å²) >= 11 is 1.65. The van der Waals surface area contributed by atoms with E-state index in [0.717, 1.165) is 28.0 Å². The van der Waals surface area contributed by atoms with Crippen molar-refractivity contribution in [3.05, 3.63) is 52.4 Å². The van der Waals surface area contributed by atoms with Crippen LogP contribution in [0.15, 0.2) is 41.0 Å². The van der Waals surface area contributed by atoms with Crippen LogP contribution in [0, 0.1) is 6.92 Å². The zero-order chi connectivity index (χ0) is 15.4. The highest BCUT2D eigenvalue weighted by Gasteiger charge is 2.04. The third-order valence-electron chi connectivity index (χ3n) is 3.15. The topological polar surface area (TPSA) is 66.6 Å². The number of aryl methyl sites for hydroxylation is 1. The van der Waals surface area contributed by atoms with Crippen molar-refractivity contribution in [3.8, 4) is 0 Å². The number of pyridine rings is 1. The van der Waals surface area contributed by atoms with Gasteiger partial charge in [0.25, 0.3) is 0 Å². The van der Waals surface area contributed by atoms with Crippen LogP contribution < -0.4 is 10.6 Å². The number of nitrogens with zero attached hydrogens (tertiary/aromatic N) is 4. The number of aliphatic imine (C=N–C) groups is 1. The van der Waals surface area contributed by atoms with Crippen LogP contribution in [-0.4, -0.2) is 27.4 Å². The number of nitrogens with one attached hydrogen (secondary N) is 2. The summed E-state index contributed by atoms with van der Waals surface area (Å²) in [5.74, 6) is 0.741. The van der Waals surface area contributed by atoms with Crippen molar-refractivity contribution in [2.45, 2.75) is 20.0 Å². The summed E-state index contributed by atoms with van der Waals surface area (Å²) in [5.41, 5.74) is 2.97. The molecule has 0 fully saturated rings. The van der Waals surface area contributed by atoms with Gasteiger partial charge in [-0.25, -0.2) is 9.97 Å². The number of hydrogen-bond acceptors (Lipinski definition) is 4. The molecule has 3 heterocycles. The predicted octanol–water partition coefficient (Wildman–Crippen LogP) is 2.58. The Morgan fingerprint density at radius 3 is 2.78 bits per heavy atom. The molecule has 23 heavy (non-hydrogen) atoms. The molecule has 0 aliphatic heterocycles. The minimum atomic E-state index is 0.